The van der Waals surface area contributed by atoms with Crippen LogP contribution in [-0.2, 0) is 13.0 Å². The van der Waals surface area contributed by atoms with Gasteiger partial charge in [0.2, 0.25) is 0 Å². The summed E-state index contributed by atoms with van der Waals surface area (Å²) in [4.78, 5) is 6.15. The molecule has 0 saturated carbocycles. The Balaban J connectivity index is 1.75. The van der Waals surface area contributed by atoms with Gasteiger partial charge < -0.3 is 4.57 Å². The van der Waals surface area contributed by atoms with Crippen LogP contribution in [0.1, 0.15) is 21.8 Å². The lowest BCUT2D eigenvalue weighted by Gasteiger charge is -2.09. The highest BCUT2D eigenvalue weighted by Gasteiger charge is 2.12. The molecule has 2 heterocycles. The van der Waals surface area contributed by atoms with Gasteiger partial charge in [-0.05, 0) is 41.3 Å². The fraction of sp³-hybridized carbons (Fsp3) is 0.100. The van der Waals surface area contributed by atoms with Gasteiger partial charge in [0.05, 0.1) is 22.7 Å². The van der Waals surface area contributed by atoms with Crippen LogP contribution in [0.2, 0.25) is 0 Å². The van der Waals surface area contributed by atoms with E-state index >= 15 is 0 Å². The smallest absolute Gasteiger partial charge is 0.115 e. The molecular formula is C20H15N3S. The monoisotopic (exact) mass is 329 g/mol. The zero-order valence-electron chi connectivity index (χ0n) is 13.0. The molecule has 0 amide bonds. The third-order valence-corrected chi connectivity index (χ3v) is 4.95. The van der Waals surface area contributed by atoms with Crippen molar-refractivity contribution in [1.82, 2.24) is 9.55 Å². The summed E-state index contributed by atoms with van der Waals surface area (Å²) in [6.45, 7) is 0.757. The zero-order chi connectivity index (χ0) is 16.4. The number of benzene rings is 2. The van der Waals surface area contributed by atoms with Gasteiger partial charge in [0.25, 0.3) is 0 Å². The van der Waals surface area contributed by atoms with Crippen molar-refractivity contribution in [3.8, 4) is 6.07 Å². The van der Waals surface area contributed by atoms with Crippen LogP contribution in [-0.4, -0.2) is 9.55 Å². The van der Waals surface area contributed by atoms with Crippen LogP contribution in [0.15, 0.2) is 66.0 Å². The molecule has 4 heteroatoms. The van der Waals surface area contributed by atoms with Gasteiger partial charge >= 0.3 is 0 Å². The number of imidazole rings is 1. The maximum Gasteiger partial charge on any atom is 0.115 e. The quantitative estimate of drug-likeness (QED) is 0.549. The Kier molecular flexibility index (Phi) is 3.86. The van der Waals surface area contributed by atoms with Crippen molar-refractivity contribution < 1.29 is 0 Å². The van der Waals surface area contributed by atoms with E-state index in [0.717, 1.165) is 29.8 Å². The van der Waals surface area contributed by atoms with Crippen molar-refractivity contribution in [3.63, 3.8) is 0 Å². The molecule has 116 valence electrons. The lowest BCUT2D eigenvalue weighted by atomic mass is 10.1. The summed E-state index contributed by atoms with van der Waals surface area (Å²) in [5.74, 6) is 1.07. The second kappa shape index (κ2) is 6.31. The summed E-state index contributed by atoms with van der Waals surface area (Å²) in [6, 6.07) is 22.4. The third-order valence-electron chi connectivity index (χ3n) is 4.07. The number of hydrogen-bond acceptors (Lipinski definition) is 3. The van der Waals surface area contributed by atoms with Crippen LogP contribution >= 0.6 is 11.3 Å². The molecular weight excluding hydrogens is 314 g/mol. The Hall–Kier alpha value is -2.90. The number of rotatable bonds is 4. The second-order valence-corrected chi connectivity index (χ2v) is 6.70. The van der Waals surface area contributed by atoms with Gasteiger partial charge in [-0.15, -0.1) is 11.3 Å². The van der Waals surface area contributed by atoms with Gasteiger partial charge in [0.15, 0.2) is 0 Å². The molecule has 0 unspecified atom stereocenters. The predicted molar refractivity (Wildman–Crippen MR) is 97.1 cm³/mol. The SMILES string of the molecule is N#Cc1ccc(Cn2c(Cc3cccs3)nc3ccccc32)cc1. The van der Waals surface area contributed by atoms with Crippen molar-refractivity contribution in [2.24, 2.45) is 0 Å². The molecule has 0 saturated heterocycles. The van der Waals surface area contributed by atoms with E-state index in [0.29, 0.717) is 5.56 Å². The van der Waals surface area contributed by atoms with Gasteiger partial charge in [-0.3, -0.25) is 0 Å². The number of para-hydroxylation sites is 2. The summed E-state index contributed by atoms with van der Waals surface area (Å²) in [5, 5.41) is 11.1. The Morgan fingerprint density at radius 3 is 2.58 bits per heavy atom. The lowest BCUT2D eigenvalue weighted by Crippen LogP contribution is -2.05. The number of fused-ring (bicyclic) bond motifs is 1. The van der Waals surface area contributed by atoms with E-state index in [1.165, 1.54) is 10.4 Å². The maximum absolute atomic E-state index is 8.95. The van der Waals surface area contributed by atoms with E-state index in [4.69, 9.17) is 10.2 Å². The van der Waals surface area contributed by atoms with E-state index < -0.39 is 0 Å². The Bertz CT molecular complexity index is 1010. The van der Waals surface area contributed by atoms with E-state index in [9.17, 15) is 0 Å². The number of nitriles is 1. The number of thiophene rings is 1. The first-order valence-corrected chi connectivity index (χ1v) is 8.67. The highest BCUT2D eigenvalue weighted by molar-refractivity contribution is 7.09. The molecule has 4 aromatic rings. The lowest BCUT2D eigenvalue weighted by molar-refractivity contribution is 0.765. The van der Waals surface area contributed by atoms with E-state index in [1.807, 2.05) is 36.4 Å². The van der Waals surface area contributed by atoms with Crippen molar-refractivity contribution in [1.29, 1.82) is 5.26 Å². The summed E-state index contributed by atoms with van der Waals surface area (Å²) in [7, 11) is 0. The van der Waals surface area contributed by atoms with Gasteiger partial charge in [-0.1, -0.05) is 30.3 Å². The minimum atomic E-state index is 0.688. The van der Waals surface area contributed by atoms with E-state index in [1.54, 1.807) is 11.3 Å². The summed E-state index contributed by atoms with van der Waals surface area (Å²) in [5.41, 5.74) is 4.03. The van der Waals surface area contributed by atoms with Crippen molar-refractivity contribution in [2.45, 2.75) is 13.0 Å². The fourth-order valence-electron chi connectivity index (χ4n) is 2.87. The third kappa shape index (κ3) is 2.82. The molecule has 0 atom stereocenters. The van der Waals surface area contributed by atoms with Crippen LogP contribution in [0.5, 0.6) is 0 Å². The topological polar surface area (TPSA) is 41.6 Å². The second-order valence-electron chi connectivity index (χ2n) is 5.67. The van der Waals surface area contributed by atoms with E-state index in [2.05, 4.69) is 40.3 Å². The van der Waals surface area contributed by atoms with Crippen LogP contribution in [0.4, 0.5) is 0 Å². The maximum atomic E-state index is 8.95. The average molecular weight is 329 g/mol. The van der Waals surface area contributed by atoms with Gasteiger partial charge in [-0.25, -0.2) is 4.98 Å². The first-order chi connectivity index (χ1) is 11.8. The highest BCUT2D eigenvalue weighted by atomic mass is 32.1. The molecule has 0 N–H and O–H groups in total. The Morgan fingerprint density at radius 2 is 1.83 bits per heavy atom. The van der Waals surface area contributed by atoms with E-state index in [-0.39, 0.29) is 0 Å². The summed E-state index contributed by atoms with van der Waals surface area (Å²) < 4.78 is 2.27. The van der Waals surface area contributed by atoms with Crippen molar-refractivity contribution in [2.75, 3.05) is 0 Å². The van der Waals surface area contributed by atoms with Gasteiger partial charge in [0.1, 0.15) is 5.82 Å². The molecule has 4 rings (SSSR count). The molecule has 3 nitrogen and oxygen atoms in total. The van der Waals surface area contributed by atoms with Crippen LogP contribution in [0.3, 0.4) is 0 Å². The first-order valence-electron chi connectivity index (χ1n) is 7.79. The van der Waals surface area contributed by atoms with Gasteiger partial charge in [0, 0.05) is 17.8 Å². The summed E-state index contributed by atoms with van der Waals surface area (Å²) >= 11 is 1.76. The standard InChI is InChI=1S/C20H15N3S/c21-13-15-7-9-16(10-8-15)14-23-19-6-2-1-5-18(19)22-20(23)12-17-4-3-11-24-17/h1-11H,12,14H2. The van der Waals surface area contributed by atoms with Crippen LogP contribution in [0.25, 0.3) is 11.0 Å². The molecule has 0 aliphatic heterocycles. The minimum Gasteiger partial charge on any atom is -0.323 e. The zero-order valence-corrected chi connectivity index (χ0v) is 13.8. The number of aromatic nitrogens is 2. The molecule has 0 aliphatic carbocycles. The average Bonchev–Trinajstić information content (AvgIpc) is 3.25. The van der Waals surface area contributed by atoms with Crippen molar-refractivity contribution in [3.05, 3.63) is 87.9 Å². The summed E-state index contributed by atoms with van der Waals surface area (Å²) in [6.07, 6.45) is 0.836. The largest absolute Gasteiger partial charge is 0.323 e. The molecule has 0 aliphatic rings. The first kappa shape index (κ1) is 14.7. The fourth-order valence-corrected chi connectivity index (χ4v) is 3.57. The Morgan fingerprint density at radius 1 is 1.00 bits per heavy atom. The molecule has 0 radical (unpaired) electrons. The number of nitrogens with zero attached hydrogens (tertiary/aromatic N) is 3. The molecule has 0 fully saturated rings. The van der Waals surface area contributed by atoms with Gasteiger partial charge in [-0.2, -0.15) is 5.26 Å². The van der Waals surface area contributed by atoms with Crippen molar-refractivity contribution >= 4 is 22.4 Å². The normalized spacial score (nSPS) is 10.8. The van der Waals surface area contributed by atoms with Crippen LogP contribution < -0.4 is 0 Å². The molecule has 0 spiro atoms. The highest BCUT2D eigenvalue weighted by Crippen LogP contribution is 2.22. The number of hydrogen-bond donors (Lipinski definition) is 0. The molecule has 2 aromatic heterocycles. The molecule has 2 aromatic carbocycles. The van der Waals surface area contributed by atoms with Crippen LogP contribution in [0, 0.1) is 11.3 Å². The predicted octanol–water partition coefficient (Wildman–Crippen LogP) is 4.61. The minimum absolute atomic E-state index is 0.688. The Labute approximate surface area is 144 Å². The molecule has 24 heavy (non-hydrogen) atoms. The molecule has 0 bridgehead atoms.